The van der Waals surface area contributed by atoms with E-state index in [0.29, 0.717) is 15.8 Å². The molecule has 0 radical (unpaired) electrons. The highest BCUT2D eigenvalue weighted by Gasteiger charge is 2.05. The van der Waals surface area contributed by atoms with Gasteiger partial charge in [0.15, 0.2) is 4.67 Å². The van der Waals surface area contributed by atoms with Gasteiger partial charge in [0.2, 0.25) is 0 Å². The molecule has 4 heteroatoms. The Hall–Kier alpha value is -1.16. The van der Waals surface area contributed by atoms with Crippen LogP contribution in [0.4, 0.5) is 8.78 Å². The van der Waals surface area contributed by atoms with E-state index in [4.69, 9.17) is 4.42 Å². The first-order valence-electron chi connectivity index (χ1n) is 3.85. The monoisotopic (exact) mass is 258 g/mol. The zero-order valence-electron chi connectivity index (χ0n) is 6.93. The first kappa shape index (κ1) is 9.40. The molecule has 1 heterocycles. The van der Waals surface area contributed by atoms with Crippen LogP contribution in [0.15, 0.2) is 39.6 Å². The van der Waals surface area contributed by atoms with Crippen molar-refractivity contribution in [3.05, 3.63) is 46.8 Å². The molecule has 14 heavy (non-hydrogen) atoms. The number of rotatable bonds is 1. The highest BCUT2D eigenvalue weighted by Crippen LogP contribution is 2.26. The lowest BCUT2D eigenvalue weighted by Crippen LogP contribution is -1.81. The topological polar surface area (TPSA) is 13.1 Å². The van der Waals surface area contributed by atoms with Gasteiger partial charge < -0.3 is 4.42 Å². The molecule has 0 aliphatic rings. The molecule has 0 aliphatic heterocycles. The summed E-state index contributed by atoms with van der Waals surface area (Å²) >= 11 is 3.11. The molecule has 1 nitrogen and oxygen atoms in total. The smallest absolute Gasteiger partial charge is 0.169 e. The molecule has 1 aromatic heterocycles. The minimum Gasteiger partial charge on any atom is -0.457 e. The van der Waals surface area contributed by atoms with Crippen LogP contribution in [-0.4, -0.2) is 0 Å². The maximum Gasteiger partial charge on any atom is 0.169 e. The lowest BCUT2D eigenvalue weighted by Gasteiger charge is -1.97. The molecule has 0 N–H and O–H groups in total. The normalized spacial score (nSPS) is 10.5. The highest BCUT2D eigenvalue weighted by molar-refractivity contribution is 9.10. The first-order valence-corrected chi connectivity index (χ1v) is 4.65. The number of benzene rings is 1. The van der Waals surface area contributed by atoms with Gasteiger partial charge in [-0.15, -0.1) is 0 Å². The van der Waals surface area contributed by atoms with Crippen LogP contribution >= 0.6 is 15.9 Å². The Labute approximate surface area is 87.5 Å². The summed E-state index contributed by atoms with van der Waals surface area (Å²) < 4.78 is 31.2. The summed E-state index contributed by atoms with van der Waals surface area (Å²) in [5.41, 5.74) is 1.09. The number of hydrogen-bond donors (Lipinski definition) is 0. The van der Waals surface area contributed by atoms with E-state index in [1.165, 1.54) is 18.4 Å². The number of hydrogen-bond acceptors (Lipinski definition) is 1. The maximum absolute atomic E-state index is 12.8. The van der Waals surface area contributed by atoms with E-state index in [2.05, 4.69) is 15.9 Å². The molecule has 2 aromatic rings. The second-order valence-corrected chi connectivity index (χ2v) is 3.58. The fourth-order valence-electron chi connectivity index (χ4n) is 1.18. The van der Waals surface area contributed by atoms with Crippen LogP contribution in [0.3, 0.4) is 0 Å². The lowest BCUT2D eigenvalue weighted by atomic mass is 10.1. The molecular formula is C10H5BrF2O. The van der Waals surface area contributed by atoms with Gasteiger partial charge in [-0.2, -0.15) is 0 Å². The highest BCUT2D eigenvalue weighted by atomic mass is 79.9. The van der Waals surface area contributed by atoms with E-state index < -0.39 is 11.6 Å². The molecule has 0 aliphatic carbocycles. The van der Waals surface area contributed by atoms with Crippen molar-refractivity contribution in [1.82, 2.24) is 0 Å². The van der Waals surface area contributed by atoms with Crippen molar-refractivity contribution in [3.8, 4) is 11.1 Å². The molecule has 1 aromatic carbocycles. The predicted molar refractivity (Wildman–Crippen MR) is 51.8 cm³/mol. The maximum atomic E-state index is 12.8. The third-order valence-electron chi connectivity index (χ3n) is 1.76. The molecule has 0 amide bonds. The summed E-state index contributed by atoms with van der Waals surface area (Å²) in [5, 5.41) is 0. The molecule has 0 unspecified atom stereocenters. The first-order chi connectivity index (χ1) is 6.65. The van der Waals surface area contributed by atoms with Crippen molar-refractivity contribution in [2.75, 3.05) is 0 Å². The molecule has 0 saturated heterocycles. The van der Waals surface area contributed by atoms with Crippen LogP contribution in [-0.2, 0) is 0 Å². The van der Waals surface area contributed by atoms with Crippen molar-refractivity contribution in [2.24, 2.45) is 0 Å². The van der Waals surface area contributed by atoms with Gasteiger partial charge in [0.05, 0.1) is 6.26 Å². The van der Waals surface area contributed by atoms with E-state index in [1.54, 1.807) is 6.07 Å². The minimum absolute atomic E-state index is 0.456. The van der Waals surface area contributed by atoms with Crippen LogP contribution in [0.5, 0.6) is 0 Å². The van der Waals surface area contributed by atoms with E-state index in [9.17, 15) is 8.78 Å². The van der Waals surface area contributed by atoms with Crippen LogP contribution < -0.4 is 0 Å². The van der Waals surface area contributed by atoms with Crippen LogP contribution in [0.1, 0.15) is 0 Å². The minimum atomic E-state index is -0.600. The second-order valence-electron chi connectivity index (χ2n) is 2.80. The average molecular weight is 259 g/mol. The molecule has 0 fully saturated rings. The Morgan fingerprint density at radius 3 is 2.07 bits per heavy atom. The predicted octanol–water partition coefficient (Wildman–Crippen LogP) is 3.99. The van der Waals surface area contributed by atoms with Gasteiger partial charge in [-0.05, 0) is 39.7 Å². The van der Waals surface area contributed by atoms with Gasteiger partial charge in [0.25, 0.3) is 0 Å². The second kappa shape index (κ2) is 3.53. The van der Waals surface area contributed by atoms with Gasteiger partial charge in [0.1, 0.15) is 11.6 Å². The van der Waals surface area contributed by atoms with Gasteiger partial charge >= 0.3 is 0 Å². The van der Waals surface area contributed by atoms with Gasteiger partial charge in [-0.1, -0.05) is 0 Å². The zero-order valence-corrected chi connectivity index (χ0v) is 8.51. The SMILES string of the molecule is Fc1cc(F)cc(-c2coc(Br)c2)c1. The average Bonchev–Trinajstić information content (AvgIpc) is 2.50. The zero-order chi connectivity index (χ0) is 10.1. The Bertz CT molecular complexity index is 445. The van der Waals surface area contributed by atoms with Crippen molar-refractivity contribution >= 4 is 15.9 Å². The van der Waals surface area contributed by atoms with Crippen molar-refractivity contribution in [3.63, 3.8) is 0 Å². The summed E-state index contributed by atoms with van der Waals surface area (Å²) in [5.74, 6) is -1.20. The Morgan fingerprint density at radius 2 is 1.57 bits per heavy atom. The van der Waals surface area contributed by atoms with Crippen LogP contribution in [0, 0.1) is 11.6 Å². The van der Waals surface area contributed by atoms with Gasteiger partial charge in [0, 0.05) is 11.6 Å². The fraction of sp³-hybridized carbons (Fsp3) is 0. The Balaban J connectivity index is 2.51. The number of furan rings is 1. The lowest BCUT2D eigenvalue weighted by molar-refractivity contribution is 0.542. The Morgan fingerprint density at radius 1 is 0.929 bits per heavy atom. The van der Waals surface area contributed by atoms with E-state index in [1.807, 2.05) is 0 Å². The van der Waals surface area contributed by atoms with E-state index >= 15 is 0 Å². The summed E-state index contributed by atoms with van der Waals surface area (Å²) in [4.78, 5) is 0. The molecule has 0 saturated carbocycles. The van der Waals surface area contributed by atoms with Crippen molar-refractivity contribution < 1.29 is 13.2 Å². The molecule has 0 bridgehead atoms. The fourth-order valence-corrected chi connectivity index (χ4v) is 1.52. The quantitative estimate of drug-likeness (QED) is 0.754. The van der Waals surface area contributed by atoms with Gasteiger partial charge in [-0.25, -0.2) is 8.78 Å². The summed E-state index contributed by atoms with van der Waals surface area (Å²) in [6.45, 7) is 0. The molecular weight excluding hydrogens is 254 g/mol. The van der Waals surface area contributed by atoms with Gasteiger partial charge in [-0.3, -0.25) is 0 Å². The van der Waals surface area contributed by atoms with Crippen molar-refractivity contribution in [2.45, 2.75) is 0 Å². The summed E-state index contributed by atoms with van der Waals surface area (Å²) in [6, 6.07) is 4.98. The van der Waals surface area contributed by atoms with Crippen molar-refractivity contribution in [1.29, 1.82) is 0 Å². The third-order valence-corrected chi connectivity index (χ3v) is 2.18. The largest absolute Gasteiger partial charge is 0.457 e. The molecule has 2 rings (SSSR count). The number of halogens is 3. The van der Waals surface area contributed by atoms with E-state index in [-0.39, 0.29) is 0 Å². The third kappa shape index (κ3) is 1.85. The summed E-state index contributed by atoms with van der Waals surface area (Å²) in [6.07, 6.45) is 1.43. The van der Waals surface area contributed by atoms with Crippen LogP contribution in [0.2, 0.25) is 0 Å². The Kier molecular flexibility index (Phi) is 2.37. The molecule has 0 spiro atoms. The molecule has 0 atom stereocenters. The van der Waals surface area contributed by atoms with E-state index in [0.717, 1.165) is 6.07 Å². The summed E-state index contributed by atoms with van der Waals surface area (Å²) in [7, 11) is 0. The standard InChI is InChI=1S/C10H5BrF2O/c11-10-3-7(5-14-10)6-1-8(12)4-9(13)2-6/h1-5H. The van der Waals surface area contributed by atoms with Crippen LogP contribution in [0.25, 0.3) is 11.1 Å². The molecule has 72 valence electrons.